The maximum Gasteiger partial charge on any atom is 0.416 e. The molecule has 1 atom stereocenters. The van der Waals surface area contributed by atoms with Crippen molar-refractivity contribution in [3.05, 3.63) is 69.5 Å². The Labute approximate surface area is 219 Å². The van der Waals surface area contributed by atoms with Gasteiger partial charge in [-0.1, -0.05) is 60.9 Å². The number of benzene rings is 2. The molecule has 0 unspecified atom stereocenters. The van der Waals surface area contributed by atoms with Gasteiger partial charge in [0.15, 0.2) is 11.0 Å². The fraction of sp³-hybridized carbons (Fsp3) is 0.304. The lowest BCUT2D eigenvalue weighted by atomic mass is 10.0. The van der Waals surface area contributed by atoms with Gasteiger partial charge in [-0.25, -0.2) is 0 Å². The Morgan fingerprint density at radius 1 is 1.08 bits per heavy atom. The molecule has 1 aromatic heterocycles. The van der Waals surface area contributed by atoms with Crippen molar-refractivity contribution in [3.63, 3.8) is 0 Å². The van der Waals surface area contributed by atoms with Crippen LogP contribution in [0.15, 0.2) is 47.6 Å². The predicted octanol–water partition coefficient (Wildman–Crippen LogP) is 6.00. The average molecular weight is 560 g/mol. The molecule has 2 aromatic carbocycles. The number of alkyl halides is 3. The van der Waals surface area contributed by atoms with Crippen LogP contribution in [0.5, 0.6) is 0 Å². The molecule has 0 saturated carbocycles. The molecule has 192 valence electrons. The molecule has 7 nitrogen and oxygen atoms in total. The van der Waals surface area contributed by atoms with Gasteiger partial charge in [-0.15, -0.1) is 10.2 Å². The number of rotatable bonds is 8. The maximum atomic E-state index is 13.0. The molecule has 0 aliphatic rings. The summed E-state index contributed by atoms with van der Waals surface area (Å²) in [5.74, 6) is -0.679. The Morgan fingerprint density at radius 3 is 2.42 bits per heavy atom. The van der Waals surface area contributed by atoms with Gasteiger partial charge in [0.2, 0.25) is 5.91 Å². The summed E-state index contributed by atoms with van der Waals surface area (Å²) in [6.07, 6.45) is -4.57. The number of thioether (sulfide) groups is 1. The standard InChI is InChI=1S/C23H22Cl2F3N5O2S/c1-12(2)19(30-21(35)14-6-4-5-7-15(14)24)20-31-32-22(33(20)3)36-11-18(34)29-17-10-13(23(26,27)28)8-9-16(17)25/h4-10,12,19H,11H2,1-3H3,(H,29,34)(H,30,35)/t19-/m1/s1. The van der Waals surface area contributed by atoms with Crippen LogP contribution in [0.1, 0.15) is 41.6 Å². The molecule has 0 fully saturated rings. The number of anilines is 1. The molecule has 0 radical (unpaired) electrons. The van der Waals surface area contributed by atoms with Crippen molar-refractivity contribution < 1.29 is 22.8 Å². The van der Waals surface area contributed by atoms with Crippen LogP contribution in [-0.2, 0) is 18.0 Å². The molecule has 1 heterocycles. The van der Waals surface area contributed by atoms with Gasteiger partial charge in [-0.3, -0.25) is 9.59 Å². The van der Waals surface area contributed by atoms with E-state index in [2.05, 4.69) is 20.8 Å². The van der Waals surface area contributed by atoms with E-state index in [0.717, 1.165) is 30.0 Å². The molecule has 0 aliphatic heterocycles. The Kier molecular flexibility index (Phi) is 8.91. The van der Waals surface area contributed by atoms with Gasteiger partial charge in [0.25, 0.3) is 5.91 Å². The normalized spacial score (nSPS) is 12.5. The Balaban J connectivity index is 1.69. The van der Waals surface area contributed by atoms with E-state index in [4.69, 9.17) is 23.2 Å². The van der Waals surface area contributed by atoms with Crippen molar-refractivity contribution in [2.24, 2.45) is 13.0 Å². The van der Waals surface area contributed by atoms with Gasteiger partial charge < -0.3 is 15.2 Å². The number of amides is 2. The first kappa shape index (κ1) is 27.8. The van der Waals surface area contributed by atoms with E-state index in [0.29, 0.717) is 21.6 Å². The molecular weight excluding hydrogens is 538 g/mol. The topological polar surface area (TPSA) is 88.9 Å². The van der Waals surface area contributed by atoms with Crippen LogP contribution in [-0.4, -0.2) is 32.3 Å². The number of nitrogens with zero attached hydrogens (tertiary/aromatic N) is 3. The summed E-state index contributed by atoms with van der Waals surface area (Å²) in [7, 11) is 1.69. The molecule has 0 spiro atoms. The van der Waals surface area contributed by atoms with E-state index < -0.39 is 23.7 Å². The van der Waals surface area contributed by atoms with Crippen LogP contribution in [0.3, 0.4) is 0 Å². The molecule has 3 aromatic rings. The molecule has 0 aliphatic carbocycles. The second kappa shape index (κ2) is 11.5. The van der Waals surface area contributed by atoms with Crippen molar-refractivity contribution in [2.45, 2.75) is 31.2 Å². The van der Waals surface area contributed by atoms with E-state index in [1.807, 2.05) is 13.8 Å². The lowest BCUT2D eigenvalue weighted by molar-refractivity contribution is -0.137. The van der Waals surface area contributed by atoms with Crippen molar-refractivity contribution in [3.8, 4) is 0 Å². The summed E-state index contributed by atoms with van der Waals surface area (Å²) in [4.78, 5) is 25.2. The monoisotopic (exact) mass is 559 g/mol. The Hall–Kier alpha value is -2.76. The summed E-state index contributed by atoms with van der Waals surface area (Å²) in [5.41, 5.74) is -0.740. The molecule has 2 amide bonds. The smallest absolute Gasteiger partial charge is 0.342 e. The first-order valence-electron chi connectivity index (χ1n) is 10.6. The van der Waals surface area contributed by atoms with Gasteiger partial charge in [-0.2, -0.15) is 13.2 Å². The largest absolute Gasteiger partial charge is 0.416 e. The van der Waals surface area contributed by atoms with E-state index in [1.165, 1.54) is 0 Å². The maximum absolute atomic E-state index is 13.0. The van der Waals surface area contributed by atoms with E-state index in [9.17, 15) is 22.8 Å². The first-order valence-corrected chi connectivity index (χ1v) is 12.4. The van der Waals surface area contributed by atoms with Gasteiger partial charge in [0.1, 0.15) is 0 Å². The zero-order valence-corrected chi connectivity index (χ0v) is 21.7. The third kappa shape index (κ3) is 6.71. The molecule has 0 saturated heterocycles. The molecule has 36 heavy (non-hydrogen) atoms. The van der Waals surface area contributed by atoms with Crippen LogP contribution in [0.25, 0.3) is 0 Å². The predicted molar refractivity (Wildman–Crippen MR) is 133 cm³/mol. The molecule has 3 rings (SSSR count). The third-order valence-corrected chi connectivity index (χ3v) is 6.80. The van der Waals surface area contributed by atoms with Gasteiger partial charge in [0.05, 0.1) is 38.7 Å². The molecule has 0 bridgehead atoms. The summed E-state index contributed by atoms with van der Waals surface area (Å²) in [6, 6.07) is 8.85. The number of carbonyl (C=O) groups is 2. The average Bonchev–Trinajstić information content (AvgIpc) is 3.16. The zero-order valence-electron chi connectivity index (χ0n) is 19.4. The number of carbonyl (C=O) groups excluding carboxylic acids is 2. The minimum absolute atomic E-state index is 0.0173. The number of hydrogen-bond donors (Lipinski definition) is 2. The number of halogens is 5. The lowest BCUT2D eigenvalue weighted by Gasteiger charge is -2.22. The van der Waals surface area contributed by atoms with Crippen LogP contribution in [0.2, 0.25) is 10.0 Å². The minimum Gasteiger partial charge on any atom is -0.342 e. The highest BCUT2D eigenvalue weighted by atomic mass is 35.5. The van der Waals surface area contributed by atoms with Crippen molar-refractivity contribution in [1.82, 2.24) is 20.1 Å². The molecule has 13 heteroatoms. The van der Waals surface area contributed by atoms with Crippen molar-refractivity contribution >= 4 is 52.5 Å². The lowest BCUT2D eigenvalue weighted by Crippen LogP contribution is -2.33. The van der Waals surface area contributed by atoms with Crippen LogP contribution in [0.4, 0.5) is 18.9 Å². The summed E-state index contributed by atoms with van der Waals surface area (Å²) in [6.45, 7) is 3.82. The van der Waals surface area contributed by atoms with Crippen LogP contribution in [0, 0.1) is 5.92 Å². The molecule has 2 N–H and O–H groups in total. The highest BCUT2D eigenvalue weighted by molar-refractivity contribution is 7.99. The fourth-order valence-corrected chi connectivity index (χ4v) is 4.33. The summed E-state index contributed by atoms with van der Waals surface area (Å²) < 4.78 is 40.5. The van der Waals surface area contributed by atoms with Gasteiger partial charge >= 0.3 is 6.18 Å². The Bertz CT molecular complexity index is 1270. The fourth-order valence-electron chi connectivity index (χ4n) is 3.23. The molecular formula is C23H22Cl2F3N5O2S. The van der Waals surface area contributed by atoms with E-state index in [-0.39, 0.29) is 28.3 Å². The minimum atomic E-state index is -4.57. The SMILES string of the molecule is CC(C)[C@@H](NC(=O)c1ccccc1Cl)c1nnc(SCC(=O)Nc2cc(C(F)(F)F)ccc2Cl)n1C. The quantitative estimate of drug-likeness (QED) is 0.330. The first-order chi connectivity index (χ1) is 16.9. The van der Waals surface area contributed by atoms with Crippen molar-refractivity contribution in [1.29, 1.82) is 0 Å². The summed E-state index contributed by atoms with van der Waals surface area (Å²) in [5, 5.41) is 14.3. The number of aromatic nitrogens is 3. The highest BCUT2D eigenvalue weighted by Crippen LogP contribution is 2.34. The van der Waals surface area contributed by atoms with Crippen LogP contribution < -0.4 is 10.6 Å². The van der Waals surface area contributed by atoms with E-state index >= 15 is 0 Å². The second-order valence-electron chi connectivity index (χ2n) is 8.10. The summed E-state index contributed by atoms with van der Waals surface area (Å²) >= 11 is 13.1. The Morgan fingerprint density at radius 2 is 1.78 bits per heavy atom. The van der Waals surface area contributed by atoms with Crippen molar-refractivity contribution in [2.75, 3.05) is 11.1 Å². The van der Waals surface area contributed by atoms with Gasteiger partial charge in [0, 0.05) is 7.05 Å². The van der Waals surface area contributed by atoms with E-state index in [1.54, 1.807) is 35.9 Å². The zero-order chi connectivity index (χ0) is 26.6. The second-order valence-corrected chi connectivity index (χ2v) is 9.86. The number of nitrogens with one attached hydrogen (secondary N) is 2. The van der Waals surface area contributed by atoms with Crippen LogP contribution >= 0.6 is 35.0 Å². The number of hydrogen-bond acceptors (Lipinski definition) is 5. The van der Waals surface area contributed by atoms with Gasteiger partial charge in [-0.05, 0) is 36.2 Å². The highest BCUT2D eigenvalue weighted by Gasteiger charge is 2.31. The third-order valence-electron chi connectivity index (χ3n) is 5.12.